The van der Waals surface area contributed by atoms with Gasteiger partial charge < -0.3 is 15.4 Å². The predicted octanol–water partition coefficient (Wildman–Crippen LogP) is 4.97. The lowest BCUT2D eigenvalue weighted by atomic mass is 10.0. The first-order chi connectivity index (χ1) is 14.2. The van der Waals surface area contributed by atoms with Crippen LogP contribution in [0.4, 0.5) is 5.69 Å². The summed E-state index contributed by atoms with van der Waals surface area (Å²) in [7, 11) is 0. The number of carbonyl (C=O) groups excluding carboxylic acids is 3. The zero-order valence-electron chi connectivity index (χ0n) is 16.4. The third-order valence-electron chi connectivity index (χ3n) is 3.98. The normalized spacial score (nSPS) is 11.7. The zero-order chi connectivity index (χ0) is 22.3. The molecule has 2 aromatic carbocycles. The van der Waals surface area contributed by atoms with E-state index in [9.17, 15) is 14.4 Å². The predicted molar refractivity (Wildman–Crippen MR) is 118 cm³/mol. The van der Waals surface area contributed by atoms with Crippen LogP contribution >= 0.6 is 34.8 Å². The van der Waals surface area contributed by atoms with Gasteiger partial charge in [0.25, 0.3) is 11.8 Å². The second kappa shape index (κ2) is 11.2. The molecule has 0 heterocycles. The number of anilines is 1. The Morgan fingerprint density at radius 1 is 0.967 bits per heavy atom. The molecule has 0 fully saturated rings. The van der Waals surface area contributed by atoms with E-state index in [-0.39, 0.29) is 21.7 Å². The van der Waals surface area contributed by atoms with Crippen molar-refractivity contribution in [1.29, 1.82) is 0 Å². The summed E-state index contributed by atoms with van der Waals surface area (Å²) >= 11 is 17.8. The van der Waals surface area contributed by atoms with E-state index in [2.05, 4.69) is 10.6 Å². The highest BCUT2D eigenvalue weighted by atomic mass is 35.5. The highest BCUT2D eigenvalue weighted by Crippen LogP contribution is 2.29. The van der Waals surface area contributed by atoms with E-state index in [1.54, 1.807) is 42.5 Å². The minimum atomic E-state index is -0.912. The second-order valence-electron chi connectivity index (χ2n) is 6.92. The molecule has 0 aliphatic rings. The van der Waals surface area contributed by atoms with Crippen molar-refractivity contribution in [2.24, 2.45) is 5.92 Å². The minimum Gasteiger partial charge on any atom is -0.454 e. The van der Waals surface area contributed by atoms with Crippen LogP contribution in [-0.4, -0.2) is 30.4 Å². The number of hydrogen-bond donors (Lipinski definition) is 2. The zero-order valence-corrected chi connectivity index (χ0v) is 18.6. The van der Waals surface area contributed by atoms with E-state index >= 15 is 0 Å². The molecule has 0 saturated heterocycles. The molecular formula is C21H21Cl3N2O4. The third-order valence-corrected chi connectivity index (χ3v) is 4.86. The lowest BCUT2D eigenvalue weighted by molar-refractivity contribution is -0.149. The number of carbonyl (C=O) groups is 3. The van der Waals surface area contributed by atoms with Crippen molar-refractivity contribution >= 4 is 58.3 Å². The Kier molecular flexibility index (Phi) is 8.96. The van der Waals surface area contributed by atoms with Crippen LogP contribution in [0.15, 0.2) is 42.5 Å². The average Bonchev–Trinajstić information content (AvgIpc) is 2.68. The van der Waals surface area contributed by atoms with Gasteiger partial charge in [-0.2, -0.15) is 0 Å². The maximum atomic E-state index is 12.5. The molecule has 1 atom stereocenters. The van der Waals surface area contributed by atoms with Crippen molar-refractivity contribution in [2.45, 2.75) is 26.3 Å². The van der Waals surface area contributed by atoms with E-state index < -0.39 is 30.4 Å². The summed E-state index contributed by atoms with van der Waals surface area (Å²) in [6.07, 6.45) is 0.343. The van der Waals surface area contributed by atoms with Crippen LogP contribution < -0.4 is 10.6 Å². The first kappa shape index (κ1) is 24.0. The van der Waals surface area contributed by atoms with Crippen LogP contribution in [0, 0.1) is 5.92 Å². The monoisotopic (exact) mass is 470 g/mol. The summed E-state index contributed by atoms with van der Waals surface area (Å²) in [5.74, 6) is -1.66. The van der Waals surface area contributed by atoms with E-state index in [0.29, 0.717) is 17.0 Å². The van der Waals surface area contributed by atoms with Gasteiger partial charge in [-0.3, -0.25) is 9.59 Å². The summed E-state index contributed by atoms with van der Waals surface area (Å²) < 4.78 is 5.10. The van der Waals surface area contributed by atoms with Gasteiger partial charge in [0.15, 0.2) is 6.61 Å². The number of halogens is 3. The quantitative estimate of drug-likeness (QED) is 0.532. The Balaban J connectivity index is 1.98. The fourth-order valence-corrected chi connectivity index (χ4v) is 3.18. The van der Waals surface area contributed by atoms with Gasteiger partial charge in [0.05, 0.1) is 15.7 Å². The van der Waals surface area contributed by atoms with Gasteiger partial charge in [-0.25, -0.2) is 4.79 Å². The number of amides is 2. The van der Waals surface area contributed by atoms with E-state index in [1.807, 2.05) is 13.8 Å². The van der Waals surface area contributed by atoms with Crippen molar-refractivity contribution in [3.8, 4) is 0 Å². The molecule has 2 aromatic rings. The van der Waals surface area contributed by atoms with Gasteiger partial charge in [0.1, 0.15) is 6.04 Å². The number of hydrogen-bond acceptors (Lipinski definition) is 4. The standard InChI is InChI=1S/C21H21Cl3N2O4/c1-12(2)10-17(25-20(28)13-6-8-14(22)9-7-13)21(29)30-11-18(27)26-19-15(23)4-3-5-16(19)24/h3-9,12,17H,10-11H2,1-2H3,(H,25,28)(H,26,27). The van der Waals surface area contributed by atoms with Crippen molar-refractivity contribution in [3.63, 3.8) is 0 Å². The molecule has 0 saturated carbocycles. The molecule has 0 aromatic heterocycles. The number of ether oxygens (including phenoxy) is 1. The summed E-state index contributed by atoms with van der Waals surface area (Å²) in [6.45, 7) is 3.26. The molecule has 0 radical (unpaired) electrons. The van der Waals surface area contributed by atoms with Gasteiger partial charge in [-0.15, -0.1) is 0 Å². The Morgan fingerprint density at radius 3 is 2.13 bits per heavy atom. The Bertz CT molecular complexity index is 897. The van der Waals surface area contributed by atoms with Gasteiger partial charge in [-0.05, 0) is 48.7 Å². The molecule has 160 valence electrons. The molecule has 2 N–H and O–H groups in total. The Morgan fingerprint density at radius 2 is 1.57 bits per heavy atom. The Labute approximate surface area is 189 Å². The fraction of sp³-hybridized carbons (Fsp3) is 0.286. The second-order valence-corrected chi connectivity index (χ2v) is 8.17. The lowest BCUT2D eigenvalue weighted by Crippen LogP contribution is -2.43. The largest absolute Gasteiger partial charge is 0.454 e. The molecular weight excluding hydrogens is 451 g/mol. The molecule has 2 rings (SSSR count). The van der Waals surface area contributed by atoms with Crippen molar-refractivity contribution in [2.75, 3.05) is 11.9 Å². The molecule has 9 heteroatoms. The van der Waals surface area contributed by atoms with Crippen LogP contribution in [0.3, 0.4) is 0 Å². The van der Waals surface area contributed by atoms with Crippen molar-refractivity contribution in [1.82, 2.24) is 5.32 Å². The van der Waals surface area contributed by atoms with Crippen LogP contribution in [0.2, 0.25) is 15.1 Å². The van der Waals surface area contributed by atoms with Crippen molar-refractivity contribution in [3.05, 3.63) is 63.1 Å². The summed E-state index contributed by atoms with van der Waals surface area (Å²) in [4.78, 5) is 37.1. The maximum Gasteiger partial charge on any atom is 0.329 e. The van der Waals surface area contributed by atoms with Crippen LogP contribution in [0.1, 0.15) is 30.6 Å². The number of esters is 1. The van der Waals surface area contributed by atoms with Gasteiger partial charge in [-0.1, -0.05) is 54.7 Å². The van der Waals surface area contributed by atoms with Gasteiger partial charge in [0, 0.05) is 10.6 Å². The summed E-state index contributed by atoms with van der Waals surface area (Å²) in [6, 6.07) is 10.1. The number of nitrogens with one attached hydrogen (secondary N) is 2. The summed E-state index contributed by atoms with van der Waals surface area (Å²) in [5.41, 5.74) is 0.587. The Hall–Kier alpha value is -2.28. The topological polar surface area (TPSA) is 84.5 Å². The SMILES string of the molecule is CC(C)CC(NC(=O)c1ccc(Cl)cc1)C(=O)OCC(=O)Nc1c(Cl)cccc1Cl. The fourth-order valence-electron chi connectivity index (χ4n) is 2.56. The first-order valence-corrected chi connectivity index (χ1v) is 10.3. The number of benzene rings is 2. The molecule has 1 unspecified atom stereocenters. The molecule has 2 amide bonds. The van der Waals surface area contributed by atoms with E-state index in [1.165, 1.54) is 0 Å². The molecule has 0 aliphatic carbocycles. The van der Waals surface area contributed by atoms with E-state index in [4.69, 9.17) is 39.5 Å². The highest BCUT2D eigenvalue weighted by Gasteiger charge is 2.25. The van der Waals surface area contributed by atoms with Crippen LogP contribution in [0.5, 0.6) is 0 Å². The smallest absolute Gasteiger partial charge is 0.329 e. The number of rotatable bonds is 8. The van der Waals surface area contributed by atoms with Crippen molar-refractivity contribution < 1.29 is 19.1 Å². The minimum absolute atomic E-state index is 0.101. The molecule has 0 bridgehead atoms. The average molecular weight is 472 g/mol. The molecule has 0 spiro atoms. The van der Waals surface area contributed by atoms with Gasteiger partial charge >= 0.3 is 5.97 Å². The molecule has 6 nitrogen and oxygen atoms in total. The van der Waals surface area contributed by atoms with E-state index in [0.717, 1.165) is 0 Å². The number of para-hydroxylation sites is 1. The molecule has 0 aliphatic heterocycles. The summed E-state index contributed by atoms with van der Waals surface area (Å²) in [5, 5.41) is 6.16. The lowest BCUT2D eigenvalue weighted by Gasteiger charge is -2.19. The van der Waals surface area contributed by atoms with Crippen LogP contribution in [0.25, 0.3) is 0 Å². The first-order valence-electron chi connectivity index (χ1n) is 9.14. The maximum absolute atomic E-state index is 12.5. The molecule has 30 heavy (non-hydrogen) atoms. The van der Waals surface area contributed by atoms with Crippen LogP contribution in [-0.2, 0) is 14.3 Å². The highest BCUT2D eigenvalue weighted by molar-refractivity contribution is 6.39. The third kappa shape index (κ3) is 7.20. The van der Waals surface area contributed by atoms with Gasteiger partial charge in [0.2, 0.25) is 0 Å².